The third kappa shape index (κ3) is 5.12. The first kappa shape index (κ1) is 27.9. The van der Waals surface area contributed by atoms with Gasteiger partial charge in [0, 0.05) is 11.8 Å². The van der Waals surface area contributed by atoms with Crippen molar-refractivity contribution in [3.8, 4) is 23.0 Å². The number of ketones is 1. The van der Waals surface area contributed by atoms with Crippen molar-refractivity contribution >= 4 is 34.7 Å². The van der Waals surface area contributed by atoms with Gasteiger partial charge in [0.25, 0.3) is 11.7 Å². The summed E-state index contributed by atoms with van der Waals surface area (Å²) in [5.41, 5.74) is 2.15. The Morgan fingerprint density at radius 3 is 2.13 bits per heavy atom. The molecule has 1 N–H and O–H groups in total. The van der Waals surface area contributed by atoms with Crippen molar-refractivity contribution < 1.29 is 33.6 Å². The predicted molar refractivity (Wildman–Crippen MR) is 149 cm³/mol. The quantitative estimate of drug-likeness (QED) is 0.199. The van der Waals surface area contributed by atoms with Gasteiger partial charge >= 0.3 is 0 Å². The van der Waals surface area contributed by atoms with Crippen molar-refractivity contribution in [2.45, 2.75) is 26.3 Å². The summed E-state index contributed by atoms with van der Waals surface area (Å²) in [6.07, 6.45) is 0.816. The fraction of sp³-hybridized carbons (Fsp3) is 0.267. The number of aliphatic hydroxyl groups excluding tert-OH is 1. The van der Waals surface area contributed by atoms with Crippen molar-refractivity contribution in [3.63, 3.8) is 0 Å². The number of aliphatic hydroxyl groups is 1. The van der Waals surface area contributed by atoms with Crippen LogP contribution in [0.3, 0.4) is 0 Å². The number of hydrogen-bond acceptors (Lipinski definition) is 7. The van der Waals surface area contributed by atoms with Gasteiger partial charge in [-0.1, -0.05) is 36.7 Å². The molecule has 39 heavy (non-hydrogen) atoms. The van der Waals surface area contributed by atoms with E-state index in [1.54, 1.807) is 30.3 Å². The largest absolute Gasteiger partial charge is 0.507 e. The summed E-state index contributed by atoms with van der Waals surface area (Å²) in [6.45, 7) is 4.24. The second kappa shape index (κ2) is 11.7. The van der Waals surface area contributed by atoms with Gasteiger partial charge in [-0.25, -0.2) is 0 Å². The van der Waals surface area contributed by atoms with Gasteiger partial charge in [0.2, 0.25) is 0 Å². The normalized spacial score (nSPS) is 16.4. The maximum Gasteiger partial charge on any atom is 0.300 e. The molecule has 1 heterocycles. The van der Waals surface area contributed by atoms with Crippen LogP contribution in [0.15, 0.2) is 60.2 Å². The first-order valence-corrected chi connectivity index (χ1v) is 12.8. The average Bonchev–Trinajstić information content (AvgIpc) is 3.22. The highest BCUT2D eigenvalue weighted by Gasteiger charge is 2.47. The first-order chi connectivity index (χ1) is 18.8. The lowest BCUT2D eigenvalue weighted by Crippen LogP contribution is -2.29. The summed E-state index contributed by atoms with van der Waals surface area (Å²) >= 11 is 6.36. The summed E-state index contributed by atoms with van der Waals surface area (Å²) in [7, 11) is 4.40. The monoisotopic (exact) mass is 551 g/mol. The van der Waals surface area contributed by atoms with E-state index < -0.39 is 23.5 Å². The van der Waals surface area contributed by atoms with Crippen LogP contribution in [0.2, 0.25) is 5.02 Å². The molecule has 0 radical (unpaired) electrons. The molecular weight excluding hydrogens is 522 g/mol. The fourth-order valence-electron chi connectivity index (χ4n) is 4.63. The van der Waals surface area contributed by atoms with E-state index in [1.807, 2.05) is 26.0 Å². The minimum atomic E-state index is -0.979. The molecule has 1 atom stereocenters. The lowest BCUT2D eigenvalue weighted by Gasteiger charge is -2.26. The molecule has 1 unspecified atom stereocenters. The lowest BCUT2D eigenvalue weighted by atomic mass is 9.94. The number of aryl methyl sites for hydroxylation is 1. The smallest absolute Gasteiger partial charge is 0.300 e. The molecule has 0 spiro atoms. The molecule has 4 rings (SSSR count). The molecule has 0 aliphatic carbocycles. The minimum absolute atomic E-state index is 0.119. The molecule has 0 aromatic heterocycles. The number of amides is 1. The maximum absolute atomic E-state index is 13.6. The van der Waals surface area contributed by atoms with Gasteiger partial charge in [-0.2, -0.15) is 0 Å². The van der Waals surface area contributed by atoms with Crippen LogP contribution < -0.4 is 23.8 Å². The number of benzene rings is 3. The highest BCUT2D eigenvalue weighted by atomic mass is 35.5. The third-order valence-corrected chi connectivity index (χ3v) is 6.89. The highest BCUT2D eigenvalue weighted by molar-refractivity contribution is 6.51. The highest BCUT2D eigenvalue weighted by Crippen LogP contribution is 2.46. The molecule has 1 amide bonds. The zero-order chi connectivity index (χ0) is 28.3. The molecule has 8 nitrogen and oxygen atoms in total. The lowest BCUT2D eigenvalue weighted by molar-refractivity contribution is -0.132. The molecular formula is C30H30ClNO7. The minimum Gasteiger partial charge on any atom is -0.507 e. The molecule has 3 aromatic carbocycles. The van der Waals surface area contributed by atoms with Crippen LogP contribution in [0, 0.1) is 0 Å². The molecule has 204 valence electrons. The average molecular weight is 552 g/mol. The molecule has 3 aromatic rings. The zero-order valence-electron chi connectivity index (χ0n) is 22.4. The predicted octanol–water partition coefficient (Wildman–Crippen LogP) is 5.95. The summed E-state index contributed by atoms with van der Waals surface area (Å²) in [6, 6.07) is 14.5. The summed E-state index contributed by atoms with van der Waals surface area (Å²) < 4.78 is 21.9. The molecule has 0 saturated carbocycles. The van der Waals surface area contributed by atoms with Crippen LogP contribution in [-0.2, 0) is 16.0 Å². The fourth-order valence-corrected chi connectivity index (χ4v) is 4.87. The molecule has 9 heteroatoms. The Balaban J connectivity index is 2.00. The van der Waals surface area contributed by atoms with E-state index in [4.69, 9.17) is 30.5 Å². The number of Topliss-reactive ketones (excluding diaryl/α,β-unsaturated/α-hetero) is 1. The van der Waals surface area contributed by atoms with Gasteiger partial charge in [0.15, 0.2) is 11.5 Å². The number of carbonyl (C=O) groups excluding carboxylic acids is 2. The van der Waals surface area contributed by atoms with Crippen LogP contribution in [0.5, 0.6) is 23.0 Å². The Bertz CT molecular complexity index is 1430. The summed E-state index contributed by atoms with van der Waals surface area (Å²) in [4.78, 5) is 28.5. The van der Waals surface area contributed by atoms with Crippen LogP contribution in [0.4, 0.5) is 5.69 Å². The van der Waals surface area contributed by atoms with E-state index in [1.165, 1.54) is 38.4 Å². The SMILES string of the molecule is CCOc1cc(C2/C(=C(\O)c3cc(Cl)c(OC)cc3OC)C(=O)C(=O)N2c2ccc(CC)cc2)ccc1OC. The molecule has 1 saturated heterocycles. The molecule has 0 bridgehead atoms. The topological polar surface area (TPSA) is 94.5 Å². The standard InChI is InChI=1S/C30H30ClNO7/c1-6-17-8-11-19(12-9-17)32-27(18-10-13-22(36-3)25(14-18)39-7-2)26(29(34)30(32)35)28(33)20-15-21(31)24(38-5)16-23(20)37-4/h8-16,27,33H,6-7H2,1-5H3/b28-26+. The Labute approximate surface area is 232 Å². The Morgan fingerprint density at radius 2 is 1.54 bits per heavy atom. The number of halogens is 1. The van der Waals surface area contributed by atoms with Gasteiger partial charge < -0.3 is 24.1 Å². The third-order valence-electron chi connectivity index (χ3n) is 6.60. The van der Waals surface area contributed by atoms with Crippen LogP contribution in [0.1, 0.15) is 36.6 Å². The van der Waals surface area contributed by atoms with Crippen molar-refractivity contribution in [3.05, 3.63) is 81.9 Å². The van der Waals surface area contributed by atoms with Gasteiger partial charge in [-0.05, 0) is 54.8 Å². The van der Waals surface area contributed by atoms with Crippen molar-refractivity contribution in [2.75, 3.05) is 32.8 Å². The van der Waals surface area contributed by atoms with E-state index in [0.717, 1.165) is 12.0 Å². The maximum atomic E-state index is 13.6. The van der Waals surface area contributed by atoms with E-state index in [9.17, 15) is 14.7 Å². The number of methoxy groups -OCH3 is 3. The van der Waals surface area contributed by atoms with Crippen molar-refractivity contribution in [1.29, 1.82) is 0 Å². The number of carbonyl (C=O) groups is 2. The van der Waals surface area contributed by atoms with Crippen LogP contribution in [0.25, 0.3) is 5.76 Å². The summed E-state index contributed by atoms with van der Waals surface area (Å²) in [5.74, 6) is -0.576. The summed E-state index contributed by atoms with van der Waals surface area (Å²) in [5, 5.41) is 11.8. The van der Waals surface area contributed by atoms with Crippen molar-refractivity contribution in [1.82, 2.24) is 0 Å². The van der Waals surface area contributed by atoms with E-state index in [-0.39, 0.29) is 21.9 Å². The number of nitrogens with zero attached hydrogens (tertiary/aromatic N) is 1. The van der Waals surface area contributed by atoms with E-state index in [2.05, 4.69) is 0 Å². The van der Waals surface area contributed by atoms with Gasteiger partial charge in [0.1, 0.15) is 17.3 Å². The van der Waals surface area contributed by atoms with Gasteiger partial charge in [0.05, 0.1) is 50.1 Å². The van der Waals surface area contributed by atoms with E-state index >= 15 is 0 Å². The molecule has 1 fully saturated rings. The zero-order valence-corrected chi connectivity index (χ0v) is 23.2. The number of ether oxygens (including phenoxy) is 4. The Hall–Kier alpha value is -4.17. The Kier molecular flexibility index (Phi) is 8.35. The number of anilines is 1. The Morgan fingerprint density at radius 1 is 0.872 bits per heavy atom. The number of hydrogen-bond donors (Lipinski definition) is 1. The van der Waals surface area contributed by atoms with E-state index in [0.29, 0.717) is 35.1 Å². The number of rotatable bonds is 9. The van der Waals surface area contributed by atoms with Crippen LogP contribution >= 0.6 is 11.6 Å². The second-order valence-electron chi connectivity index (χ2n) is 8.72. The van der Waals surface area contributed by atoms with Crippen LogP contribution in [-0.4, -0.2) is 44.7 Å². The van der Waals surface area contributed by atoms with Gasteiger partial charge in [-0.15, -0.1) is 0 Å². The molecule has 1 aliphatic rings. The first-order valence-electron chi connectivity index (χ1n) is 12.4. The second-order valence-corrected chi connectivity index (χ2v) is 9.13. The van der Waals surface area contributed by atoms with Gasteiger partial charge in [-0.3, -0.25) is 14.5 Å². The molecule has 1 aliphatic heterocycles. The van der Waals surface area contributed by atoms with Crippen molar-refractivity contribution in [2.24, 2.45) is 0 Å².